The van der Waals surface area contributed by atoms with E-state index in [-0.39, 0.29) is 0 Å². The van der Waals surface area contributed by atoms with Gasteiger partial charge in [0.05, 0.1) is 0 Å². The molecule has 0 aliphatic carbocycles. The second-order valence-corrected chi connectivity index (χ2v) is 15.4. The van der Waals surface area contributed by atoms with Crippen LogP contribution in [0.2, 0.25) is 19.6 Å². The van der Waals surface area contributed by atoms with Gasteiger partial charge >= 0.3 is 0 Å². The average Bonchev–Trinajstić information content (AvgIpc) is 2.31. The molecular weight excluding hydrogens is 272 g/mol. The first-order chi connectivity index (χ1) is 8.53. The first kappa shape index (κ1) is 13.8. The Kier molecular flexibility index (Phi) is 4.59. The molecule has 0 nitrogen and oxygen atoms in total. The van der Waals surface area contributed by atoms with Crippen molar-refractivity contribution < 1.29 is 0 Å². The molecule has 0 aromatic heterocycles. The molecule has 2 aromatic carbocycles. The van der Waals surface area contributed by atoms with E-state index in [1.807, 2.05) is 23.0 Å². The van der Waals surface area contributed by atoms with E-state index in [4.69, 9.17) is 0 Å². The summed E-state index contributed by atoms with van der Waals surface area (Å²) in [6.07, 6.45) is 0. The van der Waals surface area contributed by atoms with Gasteiger partial charge in [-0.2, -0.15) is 11.2 Å². The summed E-state index contributed by atoms with van der Waals surface area (Å²) in [7, 11) is -1.08. The lowest BCUT2D eigenvalue weighted by atomic mass is 10.4. The molecule has 3 heteroatoms. The van der Waals surface area contributed by atoms with E-state index in [2.05, 4.69) is 74.2 Å². The Morgan fingerprint density at radius 3 is 1.72 bits per heavy atom. The Morgan fingerprint density at radius 2 is 1.17 bits per heavy atom. The van der Waals surface area contributed by atoms with Gasteiger partial charge in [-0.3, -0.25) is 0 Å². The standard InChI is InChI=1S/C15H18S2Si/c1-18(2,3)17-15-11-9-14(10-12-15)16-13-7-5-4-6-8-13/h4-12H,1-3H3. The molecule has 0 saturated heterocycles. The maximum absolute atomic E-state index is 2.38. The van der Waals surface area contributed by atoms with Gasteiger partial charge in [0.1, 0.15) is 7.22 Å². The Balaban J connectivity index is 2.04. The van der Waals surface area contributed by atoms with Gasteiger partial charge in [-0.05, 0) is 36.4 Å². The number of hydrogen-bond donors (Lipinski definition) is 0. The van der Waals surface area contributed by atoms with E-state index in [1.165, 1.54) is 14.7 Å². The molecule has 0 radical (unpaired) electrons. The average molecular weight is 291 g/mol. The molecule has 0 aliphatic rings. The largest absolute Gasteiger partial charge is 0.152 e. The second kappa shape index (κ2) is 6.00. The van der Waals surface area contributed by atoms with E-state index in [0.717, 1.165) is 0 Å². The highest BCUT2D eigenvalue weighted by molar-refractivity contribution is 8.28. The first-order valence-corrected chi connectivity index (χ1v) is 11.9. The van der Waals surface area contributed by atoms with Crippen molar-refractivity contribution in [2.24, 2.45) is 0 Å². The van der Waals surface area contributed by atoms with Crippen LogP contribution in [0.25, 0.3) is 0 Å². The predicted molar refractivity (Wildman–Crippen MR) is 86.2 cm³/mol. The van der Waals surface area contributed by atoms with Crippen LogP contribution in [0.15, 0.2) is 69.3 Å². The molecule has 0 atom stereocenters. The fraction of sp³-hybridized carbons (Fsp3) is 0.200. The topological polar surface area (TPSA) is 0 Å². The molecule has 0 bridgehead atoms. The Labute approximate surface area is 119 Å². The minimum Gasteiger partial charge on any atom is -0.152 e. The summed E-state index contributed by atoms with van der Waals surface area (Å²) in [5, 5.41) is 0. The van der Waals surface area contributed by atoms with Gasteiger partial charge in [0.25, 0.3) is 0 Å². The van der Waals surface area contributed by atoms with Crippen LogP contribution in [0.5, 0.6) is 0 Å². The number of benzene rings is 2. The summed E-state index contributed by atoms with van der Waals surface area (Å²) in [6.45, 7) is 7.14. The minimum absolute atomic E-state index is 1.08. The first-order valence-electron chi connectivity index (χ1n) is 6.05. The maximum atomic E-state index is 2.38. The van der Waals surface area contributed by atoms with E-state index < -0.39 is 7.22 Å². The van der Waals surface area contributed by atoms with Crippen molar-refractivity contribution in [3.63, 3.8) is 0 Å². The SMILES string of the molecule is C[Si](C)(C)Sc1ccc(Sc2ccccc2)cc1. The molecule has 0 heterocycles. The lowest BCUT2D eigenvalue weighted by molar-refractivity contribution is 1.34. The highest BCUT2D eigenvalue weighted by atomic mass is 32.4. The van der Waals surface area contributed by atoms with Crippen LogP contribution in [0.4, 0.5) is 0 Å². The molecule has 0 unspecified atom stereocenters. The van der Waals surface area contributed by atoms with Crippen molar-refractivity contribution in [2.45, 2.75) is 34.3 Å². The van der Waals surface area contributed by atoms with Gasteiger partial charge in [-0.1, -0.05) is 49.6 Å². The molecule has 0 fully saturated rings. The molecule has 0 saturated carbocycles. The van der Waals surface area contributed by atoms with Crippen LogP contribution in [-0.4, -0.2) is 7.22 Å². The van der Waals surface area contributed by atoms with Crippen molar-refractivity contribution in [3.05, 3.63) is 54.6 Å². The van der Waals surface area contributed by atoms with Crippen LogP contribution in [0.1, 0.15) is 0 Å². The smallest absolute Gasteiger partial charge is 0.114 e. The molecule has 0 spiro atoms. The van der Waals surface area contributed by atoms with Crippen LogP contribution < -0.4 is 0 Å². The fourth-order valence-corrected chi connectivity index (χ4v) is 5.90. The molecule has 94 valence electrons. The molecule has 2 aromatic rings. The zero-order chi connectivity index (χ0) is 13.0. The minimum atomic E-state index is -1.08. The lowest BCUT2D eigenvalue weighted by Gasteiger charge is -2.15. The summed E-state index contributed by atoms with van der Waals surface area (Å²) in [5.74, 6) is 0. The van der Waals surface area contributed by atoms with Crippen molar-refractivity contribution in [1.29, 1.82) is 0 Å². The molecular formula is C15H18S2Si. The highest BCUT2D eigenvalue weighted by Crippen LogP contribution is 2.32. The Hall–Kier alpha value is -0.643. The van der Waals surface area contributed by atoms with Gasteiger partial charge in [0, 0.05) is 14.7 Å². The van der Waals surface area contributed by atoms with Crippen LogP contribution in [-0.2, 0) is 0 Å². The number of hydrogen-bond acceptors (Lipinski definition) is 2. The van der Waals surface area contributed by atoms with Gasteiger partial charge < -0.3 is 0 Å². The molecule has 2 rings (SSSR count). The zero-order valence-electron chi connectivity index (χ0n) is 11.0. The molecule has 0 amide bonds. The van der Waals surface area contributed by atoms with E-state index >= 15 is 0 Å². The van der Waals surface area contributed by atoms with Gasteiger partial charge in [-0.25, -0.2) is 0 Å². The third kappa shape index (κ3) is 4.56. The summed E-state index contributed by atoms with van der Waals surface area (Å²) in [6, 6.07) is 19.4. The Morgan fingerprint density at radius 1 is 0.667 bits per heavy atom. The fourth-order valence-electron chi connectivity index (χ4n) is 1.55. The quantitative estimate of drug-likeness (QED) is 0.656. The van der Waals surface area contributed by atoms with Crippen molar-refractivity contribution >= 4 is 30.2 Å². The molecule has 0 N–H and O–H groups in total. The maximum Gasteiger partial charge on any atom is 0.114 e. The number of rotatable bonds is 4. The van der Waals surface area contributed by atoms with E-state index in [1.54, 1.807) is 0 Å². The molecule has 0 aliphatic heterocycles. The lowest BCUT2D eigenvalue weighted by Crippen LogP contribution is -2.13. The third-order valence-corrected chi connectivity index (χ3v) is 6.91. The van der Waals surface area contributed by atoms with Crippen LogP contribution in [0.3, 0.4) is 0 Å². The summed E-state index contributed by atoms with van der Waals surface area (Å²) >= 11 is 3.86. The second-order valence-electron chi connectivity index (χ2n) is 5.10. The van der Waals surface area contributed by atoms with E-state index in [9.17, 15) is 0 Å². The van der Waals surface area contributed by atoms with Gasteiger partial charge in [0.15, 0.2) is 0 Å². The van der Waals surface area contributed by atoms with Crippen molar-refractivity contribution in [3.8, 4) is 0 Å². The van der Waals surface area contributed by atoms with E-state index in [0.29, 0.717) is 0 Å². The summed E-state index contributed by atoms with van der Waals surface area (Å²) in [4.78, 5) is 4.00. The monoisotopic (exact) mass is 290 g/mol. The normalized spacial score (nSPS) is 11.5. The van der Waals surface area contributed by atoms with Gasteiger partial charge in [-0.15, -0.1) is 0 Å². The van der Waals surface area contributed by atoms with Crippen LogP contribution >= 0.6 is 23.0 Å². The third-order valence-electron chi connectivity index (χ3n) is 2.23. The van der Waals surface area contributed by atoms with Crippen molar-refractivity contribution in [1.82, 2.24) is 0 Å². The van der Waals surface area contributed by atoms with Crippen molar-refractivity contribution in [2.75, 3.05) is 0 Å². The summed E-state index contributed by atoms with van der Waals surface area (Å²) < 4.78 is 0. The predicted octanol–water partition coefficient (Wildman–Crippen LogP) is 5.76. The van der Waals surface area contributed by atoms with Crippen LogP contribution in [0, 0.1) is 0 Å². The zero-order valence-corrected chi connectivity index (χ0v) is 13.6. The highest BCUT2D eigenvalue weighted by Gasteiger charge is 2.14. The van der Waals surface area contributed by atoms with Gasteiger partial charge in [0.2, 0.25) is 0 Å². The Bertz CT molecular complexity index is 486. The summed E-state index contributed by atoms with van der Waals surface area (Å²) in [5.41, 5.74) is 0. The molecule has 18 heavy (non-hydrogen) atoms.